The zero-order chi connectivity index (χ0) is 15.0. The van der Waals surface area contributed by atoms with E-state index in [-0.39, 0.29) is 10.7 Å². The van der Waals surface area contributed by atoms with Crippen molar-refractivity contribution in [2.24, 2.45) is 5.92 Å². The number of hydrogen-bond acceptors (Lipinski definition) is 3. The van der Waals surface area contributed by atoms with Gasteiger partial charge in [0.25, 0.3) is 0 Å². The standard InChI is InChI=1S/C16H13FO3S/c17-12-8-6-11(7-9-12)15-14(10-18)16(15)21(19,20)13-4-2-1-3-5-13/h1-10,14-16H. The normalized spacial score (nSPS) is 24.5. The van der Waals surface area contributed by atoms with Crippen LogP contribution in [0.5, 0.6) is 0 Å². The van der Waals surface area contributed by atoms with Crippen molar-refractivity contribution in [3.63, 3.8) is 0 Å². The quantitative estimate of drug-likeness (QED) is 0.816. The Kier molecular flexibility index (Phi) is 3.37. The molecule has 0 spiro atoms. The van der Waals surface area contributed by atoms with Gasteiger partial charge in [0.15, 0.2) is 9.84 Å². The Morgan fingerprint density at radius 1 is 0.952 bits per heavy atom. The maximum atomic E-state index is 13.0. The Morgan fingerprint density at radius 2 is 1.57 bits per heavy atom. The Labute approximate surface area is 122 Å². The monoisotopic (exact) mass is 304 g/mol. The van der Waals surface area contributed by atoms with Gasteiger partial charge in [-0.05, 0) is 29.8 Å². The van der Waals surface area contributed by atoms with Crippen LogP contribution in [0.3, 0.4) is 0 Å². The SMILES string of the molecule is O=CC1C(c2ccc(F)cc2)C1S(=O)(=O)c1ccccc1. The zero-order valence-electron chi connectivity index (χ0n) is 11.0. The maximum Gasteiger partial charge on any atom is 0.182 e. The van der Waals surface area contributed by atoms with E-state index < -0.39 is 26.9 Å². The lowest BCUT2D eigenvalue weighted by Crippen LogP contribution is -2.10. The number of aldehydes is 1. The molecular formula is C16H13FO3S. The summed E-state index contributed by atoms with van der Waals surface area (Å²) in [4.78, 5) is 11.4. The number of rotatable bonds is 4. The van der Waals surface area contributed by atoms with Gasteiger partial charge in [0.1, 0.15) is 12.1 Å². The Hall–Kier alpha value is -2.01. The second-order valence-corrected chi connectivity index (χ2v) is 7.22. The van der Waals surface area contributed by atoms with Gasteiger partial charge in [-0.2, -0.15) is 0 Å². The lowest BCUT2D eigenvalue weighted by atomic mass is 10.1. The minimum Gasteiger partial charge on any atom is -0.303 e. The van der Waals surface area contributed by atoms with Gasteiger partial charge >= 0.3 is 0 Å². The van der Waals surface area contributed by atoms with Crippen molar-refractivity contribution < 1.29 is 17.6 Å². The highest BCUT2D eigenvalue weighted by Crippen LogP contribution is 2.52. The maximum absolute atomic E-state index is 13.0. The molecule has 1 aliphatic rings. The van der Waals surface area contributed by atoms with Crippen LogP contribution in [0.4, 0.5) is 4.39 Å². The van der Waals surface area contributed by atoms with E-state index in [0.717, 1.165) is 0 Å². The van der Waals surface area contributed by atoms with Crippen molar-refractivity contribution in [2.45, 2.75) is 16.1 Å². The number of carbonyl (C=O) groups is 1. The van der Waals surface area contributed by atoms with E-state index in [1.807, 2.05) is 0 Å². The van der Waals surface area contributed by atoms with E-state index >= 15 is 0 Å². The molecule has 3 nitrogen and oxygen atoms in total. The largest absolute Gasteiger partial charge is 0.303 e. The zero-order valence-corrected chi connectivity index (χ0v) is 11.8. The van der Waals surface area contributed by atoms with Crippen LogP contribution in [0.1, 0.15) is 11.5 Å². The van der Waals surface area contributed by atoms with Crippen molar-refractivity contribution in [3.8, 4) is 0 Å². The van der Waals surface area contributed by atoms with E-state index in [2.05, 4.69) is 0 Å². The molecule has 3 rings (SSSR count). The van der Waals surface area contributed by atoms with Gasteiger partial charge < -0.3 is 4.79 Å². The first-order valence-corrected chi connectivity index (χ1v) is 8.10. The van der Waals surface area contributed by atoms with E-state index in [4.69, 9.17) is 0 Å². The van der Waals surface area contributed by atoms with Gasteiger partial charge in [0.2, 0.25) is 0 Å². The summed E-state index contributed by atoms with van der Waals surface area (Å²) in [7, 11) is -3.56. The summed E-state index contributed by atoms with van der Waals surface area (Å²) in [6.07, 6.45) is 0.680. The van der Waals surface area contributed by atoms with Crippen LogP contribution in [0.25, 0.3) is 0 Å². The third-order valence-corrected chi connectivity index (χ3v) is 6.10. The third-order valence-electron chi connectivity index (χ3n) is 3.85. The first-order valence-electron chi connectivity index (χ1n) is 6.55. The van der Waals surface area contributed by atoms with Gasteiger partial charge in [-0.1, -0.05) is 30.3 Å². The fourth-order valence-corrected chi connectivity index (χ4v) is 4.86. The summed E-state index contributed by atoms with van der Waals surface area (Å²) >= 11 is 0. The Morgan fingerprint density at radius 3 is 2.14 bits per heavy atom. The predicted octanol–water partition coefficient (Wildman–Crippen LogP) is 2.58. The van der Waals surface area contributed by atoms with Gasteiger partial charge in [-0.15, -0.1) is 0 Å². The molecule has 21 heavy (non-hydrogen) atoms. The molecular weight excluding hydrogens is 291 g/mol. The molecule has 2 aromatic carbocycles. The van der Waals surface area contributed by atoms with E-state index in [9.17, 15) is 17.6 Å². The summed E-state index contributed by atoms with van der Waals surface area (Å²) in [5, 5.41) is -0.761. The number of sulfone groups is 1. The lowest BCUT2D eigenvalue weighted by molar-refractivity contribution is -0.108. The molecule has 0 amide bonds. The molecule has 0 heterocycles. The summed E-state index contributed by atoms with van der Waals surface area (Å²) in [6, 6.07) is 13.7. The molecule has 1 aliphatic carbocycles. The molecule has 1 fully saturated rings. The van der Waals surface area contributed by atoms with Crippen LogP contribution in [0, 0.1) is 11.7 Å². The molecule has 0 saturated heterocycles. The number of hydrogen-bond donors (Lipinski definition) is 0. The molecule has 1 saturated carbocycles. The van der Waals surface area contributed by atoms with Crippen molar-refractivity contribution >= 4 is 16.1 Å². The summed E-state index contributed by atoms with van der Waals surface area (Å²) in [5.41, 5.74) is 0.679. The van der Waals surface area contributed by atoms with Gasteiger partial charge in [-0.25, -0.2) is 12.8 Å². The fraction of sp³-hybridized carbons (Fsp3) is 0.188. The second-order valence-electron chi connectivity index (χ2n) is 5.11. The van der Waals surface area contributed by atoms with E-state index in [0.29, 0.717) is 11.8 Å². The van der Waals surface area contributed by atoms with Gasteiger partial charge in [0.05, 0.1) is 10.1 Å². The second kappa shape index (κ2) is 5.07. The summed E-state index contributed by atoms with van der Waals surface area (Å²) in [5.74, 6) is -1.35. The fourth-order valence-electron chi connectivity index (χ4n) is 2.73. The molecule has 3 unspecified atom stereocenters. The van der Waals surface area contributed by atoms with Crippen LogP contribution in [-0.4, -0.2) is 20.0 Å². The van der Waals surface area contributed by atoms with Crippen LogP contribution in [0.2, 0.25) is 0 Å². The van der Waals surface area contributed by atoms with Crippen LogP contribution < -0.4 is 0 Å². The van der Waals surface area contributed by atoms with Crippen LogP contribution in [-0.2, 0) is 14.6 Å². The molecule has 108 valence electrons. The number of carbonyl (C=O) groups excluding carboxylic acids is 1. The molecule has 0 aliphatic heterocycles. The molecule has 0 aromatic heterocycles. The van der Waals surface area contributed by atoms with Gasteiger partial charge in [-0.3, -0.25) is 0 Å². The molecule has 3 atom stereocenters. The van der Waals surface area contributed by atoms with Gasteiger partial charge in [0, 0.05) is 11.8 Å². The van der Waals surface area contributed by atoms with E-state index in [1.54, 1.807) is 18.2 Å². The molecule has 5 heteroatoms. The third kappa shape index (κ3) is 2.38. The first-order chi connectivity index (χ1) is 10.1. The number of halogens is 1. The topological polar surface area (TPSA) is 51.2 Å². The van der Waals surface area contributed by atoms with Crippen molar-refractivity contribution in [2.75, 3.05) is 0 Å². The van der Waals surface area contributed by atoms with E-state index in [1.165, 1.54) is 36.4 Å². The molecule has 2 aromatic rings. The highest BCUT2D eigenvalue weighted by Gasteiger charge is 2.58. The minimum absolute atomic E-state index is 0.214. The van der Waals surface area contributed by atoms with Crippen molar-refractivity contribution in [1.29, 1.82) is 0 Å². The summed E-state index contributed by atoms with van der Waals surface area (Å²) < 4.78 is 38.1. The van der Waals surface area contributed by atoms with Crippen LogP contribution >= 0.6 is 0 Å². The Bertz CT molecular complexity index is 754. The minimum atomic E-state index is -3.56. The van der Waals surface area contributed by atoms with Crippen molar-refractivity contribution in [1.82, 2.24) is 0 Å². The average Bonchev–Trinajstić information content (AvgIpc) is 3.24. The molecule has 0 radical (unpaired) electrons. The lowest BCUT2D eigenvalue weighted by Gasteiger charge is -2.03. The summed E-state index contributed by atoms with van der Waals surface area (Å²) in [6.45, 7) is 0. The molecule has 0 bridgehead atoms. The van der Waals surface area contributed by atoms with Crippen molar-refractivity contribution in [3.05, 3.63) is 66.0 Å². The number of benzene rings is 2. The first kappa shape index (κ1) is 13.9. The molecule has 0 N–H and O–H groups in total. The predicted molar refractivity (Wildman–Crippen MR) is 76.1 cm³/mol. The van der Waals surface area contributed by atoms with Crippen LogP contribution in [0.15, 0.2) is 59.5 Å². The smallest absolute Gasteiger partial charge is 0.182 e. The Balaban J connectivity index is 1.96. The average molecular weight is 304 g/mol. The highest BCUT2D eigenvalue weighted by molar-refractivity contribution is 7.92. The highest BCUT2D eigenvalue weighted by atomic mass is 32.2.